The predicted octanol–water partition coefficient (Wildman–Crippen LogP) is 3.89. The molecular formula is C20H22N4O2S. The number of benzene rings is 1. The highest BCUT2D eigenvalue weighted by Crippen LogP contribution is 2.39. The number of rotatable bonds is 5. The normalized spacial score (nSPS) is 15.3. The second kappa shape index (κ2) is 8.69. The van der Waals surface area contributed by atoms with Gasteiger partial charge in [-0.25, -0.2) is 4.79 Å². The fraction of sp³-hybridized carbons (Fsp3) is 0.350. The molecule has 2 aromatic rings. The number of nitriles is 1. The van der Waals surface area contributed by atoms with Crippen molar-refractivity contribution < 1.29 is 9.59 Å². The van der Waals surface area contributed by atoms with Crippen LogP contribution in [0.1, 0.15) is 35.8 Å². The molecule has 1 aliphatic rings. The summed E-state index contributed by atoms with van der Waals surface area (Å²) >= 11 is 1.51. The van der Waals surface area contributed by atoms with Crippen LogP contribution < -0.4 is 16.0 Å². The Labute approximate surface area is 162 Å². The third-order valence-corrected chi connectivity index (χ3v) is 5.72. The van der Waals surface area contributed by atoms with Crippen LogP contribution in [0.5, 0.6) is 0 Å². The molecule has 140 valence electrons. The highest BCUT2D eigenvalue weighted by Gasteiger charge is 2.24. The number of carbonyl (C=O) groups is 2. The molecule has 0 radical (unpaired) electrons. The topological polar surface area (TPSA) is 94.0 Å². The zero-order chi connectivity index (χ0) is 19.2. The van der Waals surface area contributed by atoms with Crippen molar-refractivity contribution >= 4 is 34.0 Å². The molecule has 0 bridgehead atoms. The van der Waals surface area contributed by atoms with Gasteiger partial charge in [0, 0.05) is 23.5 Å². The number of nitrogens with zero attached hydrogens (tertiary/aromatic N) is 1. The molecule has 6 nitrogen and oxygen atoms in total. The zero-order valence-electron chi connectivity index (χ0n) is 15.2. The molecule has 0 unspecified atom stereocenters. The number of fused-ring (bicyclic) bond motifs is 1. The SMILES string of the molecule is C[C@@H]1CCc2c(sc(NC(=O)CCNC(=O)Nc3ccccc3)c2C#N)C1. The van der Waals surface area contributed by atoms with Crippen molar-refractivity contribution in [2.24, 2.45) is 5.92 Å². The minimum absolute atomic E-state index is 0.145. The lowest BCUT2D eigenvalue weighted by molar-refractivity contribution is -0.116. The van der Waals surface area contributed by atoms with Gasteiger partial charge < -0.3 is 16.0 Å². The van der Waals surface area contributed by atoms with Gasteiger partial charge in [-0.3, -0.25) is 4.79 Å². The van der Waals surface area contributed by atoms with Gasteiger partial charge in [0.05, 0.1) is 5.56 Å². The van der Waals surface area contributed by atoms with Crippen LogP contribution in [0.25, 0.3) is 0 Å². The van der Waals surface area contributed by atoms with E-state index in [4.69, 9.17) is 0 Å². The first-order valence-corrected chi connectivity index (χ1v) is 9.83. The molecule has 1 aliphatic carbocycles. The fourth-order valence-electron chi connectivity index (χ4n) is 3.13. The van der Waals surface area contributed by atoms with Crippen molar-refractivity contribution in [3.8, 4) is 6.07 Å². The third kappa shape index (κ3) is 4.86. The van der Waals surface area contributed by atoms with Crippen LogP contribution in [0.15, 0.2) is 30.3 Å². The maximum atomic E-state index is 12.2. The first-order chi connectivity index (χ1) is 13.1. The van der Waals surface area contributed by atoms with E-state index in [1.807, 2.05) is 18.2 Å². The van der Waals surface area contributed by atoms with E-state index >= 15 is 0 Å². The van der Waals surface area contributed by atoms with Crippen molar-refractivity contribution in [3.63, 3.8) is 0 Å². The molecule has 7 heteroatoms. The van der Waals surface area contributed by atoms with Gasteiger partial charge in [-0.05, 0) is 42.9 Å². The Morgan fingerprint density at radius 2 is 2.04 bits per heavy atom. The van der Waals surface area contributed by atoms with E-state index in [9.17, 15) is 14.9 Å². The lowest BCUT2D eigenvalue weighted by Gasteiger charge is -2.17. The lowest BCUT2D eigenvalue weighted by Crippen LogP contribution is -2.31. The molecule has 0 fully saturated rings. The van der Waals surface area contributed by atoms with E-state index in [2.05, 4.69) is 28.9 Å². The van der Waals surface area contributed by atoms with E-state index in [0.717, 1.165) is 24.8 Å². The molecule has 3 amide bonds. The van der Waals surface area contributed by atoms with E-state index in [1.165, 1.54) is 16.2 Å². The first-order valence-electron chi connectivity index (χ1n) is 9.01. The summed E-state index contributed by atoms with van der Waals surface area (Å²) in [7, 11) is 0. The largest absolute Gasteiger partial charge is 0.337 e. The van der Waals surface area contributed by atoms with Crippen LogP contribution in [0.2, 0.25) is 0 Å². The number of hydrogen-bond donors (Lipinski definition) is 3. The Hall–Kier alpha value is -2.85. The molecule has 0 aliphatic heterocycles. The number of anilines is 2. The Morgan fingerprint density at radius 1 is 1.26 bits per heavy atom. The Kier molecular flexibility index (Phi) is 6.09. The summed E-state index contributed by atoms with van der Waals surface area (Å²) in [6, 6.07) is 11.0. The van der Waals surface area contributed by atoms with E-state index in [1.54, 1.807) is 12.1 Å². The van der Waals surface area contributed by atoms with Crippen molar-refractivity contribution in [1.82, 2.24) is 5.32 Å². The van der Waals surface area contributed by atoms with Gasteiger partial charge in [-0.2, -0.15) is 5.26 Å². The smallest absolute Gasteiger partial charge is 0.319 e. The summed E-state index contributed by atoms with van der Waals surface area (Å²) in [5.41, 5.74) is 2.39. The van der Waals surface area contributed by atoms with Gasteiger partial charge in [0.15, 0.2) is 0 Å². The van der Waals surface area contributed by atoms with Crippen LogP contribution >= 0.6 is 11.3 Å². The van der Waals surface area contributed by atoms with Gasteiger partial charge in [0.2, 0.25) is 5.91 Å². The van der Waals surface area contributed by atoms with E-state index in [0.29, 0.717) is 22.2 Å². The summed E-state index contributed by atoms with van der Waals surface area (Å²) in [5, 5.41) is 18.3. The molecule has 0 saturated carbocycles. The zero-order valence-corrected chi connectivity index (χ0v) is 16.0. The highest BCUT2D eigenvalue weighted by atomic mass is 32.1. The maximum absolute atomic E-state index is 12.2. The Morgan fingerprint density at radius 3 is 2.78 bits per heavy atom. The standard InChI is InChI=1S/C20H22N4O2S/c1-13-7-8-15-16(12-21)19(27-17(15)11-13)24-18(25)9-10-22-20(26)23-14-5-3-2-4-6-14/h2-6,13H,7-11H2,1H3,(H,24,25)(H2,22,23,26)/t13-/m1/s1. The molecule has 1 aromatic heterocycles. The number of thiophene rings is 1. The molecule has 3 rings (SSSR count). The number of urea groups is 1. The number of amides is 3. The summed E-state index contributed by atoms with van der Waals surface area (Å²) in [5.74, 6) is 0.400. The van der Waals surface area contributed by atoms with Crippen LogP contribution in [0.3, 0.4) is 0 Å². The number of carbonyl (C=O) groups excluding carboxylic acids is 2. The van der Waals surface area contributed by atoms with Gasteiger partial charge in [-0.15, -0.1) is 11.3 Å². The van der Waals surface area contributed by atoms with Crippen LogP contribution in [0, 0.1) is 17.2 Å². The molecule has 3 N–H and O–H groups in total. The fourth-order valence-corrected chi connectivity index (χ4v) is 4.51. The quantitative estimate of drug-likeness (QED) is 0.732. The van der Waals surface area contributed by atoms with Gasteiger partial charge in [-0.1, -0.05) is 25.1 Å². The van der Waals surface area contributed by atoms with Crippen LogP contribution in [-0.4, -0.2) is 18.5 Å². The van der Waals surface area contributed by atoms with Crippen molar-refractivity contribution in [1.29, 1.82) is 5.26 Å². The van der Waals surface area contributed by atoms with Gasteiger partial charge >= 0.3 is 6.03 Å². The molecular weight excluding hydrogens is 360 g/mol. The van der Waals surface area contributed by atoms with Gasteiger partial charge in [0.25, 0.3) is 0 Å². The van der Waals surface area contributed by atoms with Crippen molar-refractivity contribution in [2.75, 3.05) is 17.2 Å². The molecule has 0 spiro atoms. The molecule has 1 atom stereocenters. The van der Waals surface area contributed by atoms with Crippen molar-refractivity contribution in [3.05, 3.63) is 46.3 Å². The molecule has 1 heterocycles. The monoisotopic (exact) mass is 382 g/mol. The number of hydrogen-bond acceptors (Lipinski definition) is 4. The highest BCUT2D eigenvalue weighted by molar-refractivity contribution is 7.16. The van der Waals surface area contributed by atoms with E-state index < -0.39 is 0 Å². The molecule has 0 saturated heterocycles. The number of nitrogens with one attached hydrogen (secondary N) is 3. The number of para-hydroxylation sites is 1. The minimum Gasteiger partial charge on any atom is -0.337 e. The average molecular weight is 382 g/mol. The van der Waals surface area contributed by atoms with Gasteiger partial charge in [0.1, 0.15) is 11.1 Å². The first kappa shape index (κ1) is 18.9. The average Bonchev–Trinajstić information content (AvgIpc) is 2.98. The predicted molar refractivity (Wildman–Crippen MR) is 107 cm³/mol. The molecule has 27 heavy (non-hydrogen) atoms. The Balaban J connectivity index is 1.50. The summed E-state index contributed by atoms with van der Waals surface area (Å²) in [6.07, 6.45) is 3.08. The second-order valence-corrected chi connectivity index (χ2v) is 7.82. The van der Waals surface area contributed by atoms with Crippen LogP contribution in [0.4, 0.5) is 15.5 Å². The third-order valence-electron chi connectivity index (χ3n) is 4.55. The Bertz CT molecular complexity index is 870. The van der Waals surface area contributed by atoms with Crippen LogP contribution in [-0.2, 0) is 17.6 Å². The maximum Gasteiger partial charge on any atom is 0.319 e. The second-order valence-electron chi connectivity index (χ2n) is 6.71. The minimum atomic E-state index is -0.354. The lowest BCUT2D eigenvalue weighted by atomic mass is 9.89. The van der Waals surface area contributed by atoms with E-state index in [-0.39, 0.29) is 24.9 Å². The molecule has 1 aromatic carbocycles. The summed E-state index contributed by atoms with van der Waals surface area (Å²) < 4.78 is 0. The van der Waals surface area contributed by atoms with Crippen molar-refractivity contribution in [2.45, 2.75) is 32.6 Å². The summed E-state index contributed by atoms with van der Waals surface area (Å²) in [6.45, 7) is 2.42. The summed E-state index contributed by atoms with van der Waals surface area (Å²) in [4.78, 5) is 25.2.